The van der Waals surface area contributed by atoms with Crippen LogP contribution in [-0.2, 0) is 9.59 Å². The topological polar surface area (TPSA) is 78.4 Å². The van der Waals surface area contributed by atoms with E-state index in [1.165, 1.54) is 0 Å². The Morgan fingerprint density at radius 2 is 1.88 bits per heavy atom. The van der Waals surface area contributed by atoms with E-state index >= 15 is 0 Å². The zero-order valence-electron chi connectivity index (χ0n) is 8.93. The van der Waals surface area contributed by atoms with E-state index in [1.807, 2.05) is 5.32 Å². The fourth-order valence-electron chi connectivity index (χ4n) is 1.55. The predicted octanol–water partition coefficient (Wildman–Crippen LogP) is 0.262. The monoisotopic (exact) mass is 254 g/mol. The maximum absolute atomic E-state index is 11.8. The van der Waals surface area contributed by atoms with Gasteiger partial charge >= 0.3 is 12.1 Å². The Hall–Kier alpha value is -1.31. The van der Waals surface area contributed by atoms with Crippen molar-refractivity contribution in [2.75, 3.05) is 13.1 Å². The van der Waals surface area contributed by atoms with E-state index in [2.05, 4.69) is 5.32 Å². The summed E-state index contributed by atoms with van der Waals surface area (Å²) in [4.78, 5) is 22.1. The van der Waals surface area contributed by atoms with Crippen LogP contribution >= 0.6 is 0 Å². The minimum Gasteiger partial charge on any atom is -0.480 e. The van der Waals surface area contributed by atoms with Crippen LogP contribution < -0.4 is 10.6 Å². The highest BCUT2D eigenvalue weighted by molar-refractivity contribution is 5.88. The van der Waals surface area contributed by atoms with Crippen LogP contribution in [0.4, 0.5) is 13.2 Å². The first-order chi connectivity index (χ1) is 7.75. The lowest BCUT2D eigenvalue weighted by atomic mass is 9.77. The van der Waals surface area contributed by atoms with Gasteiger partial charge in [-0.15, -0.1) is 0 Å². The van der Waals surface area contributed by atoms with E-state index in [0.717, 1.165) is 0 Å². The number of amides is 1. The normalized spacial score (nSPS) is 18.3. The number of carbonyl (C=O) groups is 2. The number of nitrogens with one attached hydrogen (secondary N) is 2. The molecular weight excluding hydrogens is 241 g/mol. The number of hydrogen-bond acceptors (Lipinski definition) is 3. The first kappa shape index (κ1) is 13.8. The van der Waals surface area contributed by atoms with Crippen LogP contribution in [0, 0.1) is 0 Å². The quantitative estimate of drug-likeness (QED) is 0.657. The highest BCUT2D eigenvalue weighted by atomic mass is 19.4. The van der Waals surface area contributed by atoms with Gasteiger partial charge < -0.3 is 15.7 Å². The van der Waals surface area contributed by atoms with Crippen LogP contribution in [0.2, 0.25) is 0 Å². The summed E-state index contributed by atoms with van der Waals surface area (Å²) in [6.07, 6.45) is -3.08. The molecular formula is C9H13F3N2O3. The van der Waals surface area contributed by atoms with Crippen molar-refractivity contribution in [1.29, 1.82) is 0 Å². The lowest BCUT2D eigenvalue weighted by molar-refractivity contribution is -0.152. The number of carboxylic acid groups (broad SMARTS) is 1. The molecule has 0 aromatic rings. The molecule has 1 rings (SSSR count). The van der Waals surface area contributed by atoms with Gasteiger partial charge in [0.15, 0.2) is 0 Å². The third-order valence-corrected chi connectivity index (χ3v) is 2.61. The second kappa shape index (κ2) is 4.91. The lowest BCUT2D eigenvalue weighted by Gasteiger charge is -2.38. The number of rotatable bonds is 5. The molecule has 3 N–H and O–H groups in total. The number of halogens is 3. The Morgan fingerprint density at radius 1 is 1.29 bits per heavy atom. The number of carbonyl (C=O) groups excluding carboxylic acids is 1. The molecule has 0 saturated heterocycles. The molecule has 0 unspecified atom stereocenters. The number of aliphatic carboxylic acids is 1. The average Bonchev–Trinajstić information content (AvgIpc) is 2.08. The summed E-state index contributed by atoms with van der Waals surface area (Å²) in [5.74, 6) is -1.88. The van der Waals surface area contributed by atoms with Crippen molar-refractivity contribution in [3.8, 4) is 0 Å². The lowest BCUT2D eigenvalue weighted by Crippen LogP contribution is -2.60. The van der Waals surface area contributed by atoms with E-state index in [-0.39, 0.29) is 0 Å². The zero-order chi connectivity index (χ0) is 13.1. The molecule has 0 bridgehead atoms. The van der Waals surface area contributed by atoms with Crippen LogP contribution in [0.5, 0.6) is 0 Å². The summed E-state index contributed by atoms with van der Waals surface area (Å²) in [5, 5.41) is 13.0. The number of alkyl halides is 3. The second-order valence-corrected chi connectivity index (χ2v) is 4.01. The SMILES string of the molecule is O=C(CNCC(F)(F)F)NC1(C(=O)O)CCC1. The molecule has 0 radical (unpaired) electrons. The first-order valence-corrected chi connectivity index (χ1v) is 5.07. The van der Waals surface area contributed by atoms with Gasteiger partial charge in [0, 0.05) is 0 Å². The Labute approximate surface area is 95.4 Å². The van der Waals surface area contributed by atoms with Gasteiger partial charge in [-0.1, -0.05) is 0 Å². The molecule has 17 heavy (non-hydrogen) atoms. The standard InChI is InChI=1S/C9H13F3N2O3/c10-9(11,12)5-13-4-6(15)14-8(7(16)17)2-1-3-8/h13H,1-5H2,(H,14,15)(H,16,17). The molecule has 1 fully saturated rings. The highest BCUT2D eigenvalue weighted by Crippen LogP contribution is 2.31. The van der Waals surface area contributed by atoms with E-state index < -0.39 is 36.7 Å². The molecule has 1 saturated carbocycles. The van der Waals surface area contributed by atoms with Gasteiger partial charge in [-0.25, -0.2) is 4.79 Å². The van der Waals surface area contributed by atoms with Gasteiger partial charge in [-0.05, 0) is 19.3 Å². The van der Waals surface area contributed by atoms with Crippen molar-refractivity contribution in [2.24, 2.45) is 0 Å². The van der Waals surface area contributed by atoms with E-state index in [1.54, 1.807) is 0 Å². The molecule has 98 valence electrons. The van der Waals surface area contributed by atoms with Gasteiger partial charge in [0.05, 0.1) is 13.1 Å². The Morgan fingerprint density at radius 3 is 2.24 bits per heavy atom. The minimum absolute atomic E-state index is 0.313. The zero-order valence-corrected chi connectivity index (χ0v) is 8.93. The van der Waals surface area contributed by atoms with E-state index in [9.17, 15) is 22.8 Å². The van der Waals surface area contributed by atoms with Crippen molar-refractivity contribution < 1.29 is 27.9 Å². The van der Waals surface area contributed by atoms with Gasteiger partial charge in [-0.2, -0.15) is 13.2 Å². The molecule has 5 nitrogen and oxygen atoms in total. The van der Waals surface area contributed by atoms with Crippen molar-refractivity contribution in [2.45, 2.75) is 31.0 Å². The molecule has 1 aliphatic rings. The second-order valence-electron chi connectivity index (χ2n) is 4.01. The molecule has 8 heteroatoms. The summed E-state index contributed by atoms with van der Waals surface area (Å²) in [7, 11) is 0. The summed E-state index contributed by atoms with van der Waals surface area (Å²) in [6.45, 7) is -1.82. The Kier molecular flexibility index (Phi) is 3.97. The molecule has 0 aromatic carbocycles. The molecule has 0 aliphatic heterocycles. The van der Waals surface area contributed by atoms with Crippen molar-refractivity contribution in [3.05, 3.63) is 0 Å². The molecule has 0 atom stereocenters. The molecule has 0 spiro atoms. The summed E-state index contributed by atoms with van der Waals surface area (Å²) < 4.78 is 35.3. The first-order valence-electron chi connectivity index (χ1n) is 5.07. The van der Waals surface area contributed by atoms with Gasteiger partial charge in [-0.3, -0.25) is 4.79 Å². The van der Waals surface area contributed by atoms with Crippen LogP contribution in [0.1, 0.15) is 19.3 Å². The van der Waals surface area contributed by atoms with Crippen molar-refractivity contribution in [1.82, 2.24) is 10.6 Å². The maximum atomic E-state index is 11.8. The summed E-state index contributed by atoms with van der Waals surface area (Å²) >= 11 is 0. The average molecular weight is 254 g/mol. The minimum atomic E-state index is -4.39. The molecule has 1 amide bonds. The van der Waals surface area contributed by atoms with Crippen molar-refractivity contribution in [3.63, 3.8) is 0 Å². The maximum Gasteiger partial charge on any atom is 0.401 e. The Balaban J connectivity index is 2.32. The van der Waals surface area contributed by atoms with Crippen LogP contribution in [0.3, 0.4) is 0 Å². The van der Waals surface area contributed by atoms with Crippen LogP contribution in [0.25, 0.3) is 0 Å². The fourth-order valence-corrected chi connectivity index (χ4v) is 1.55. The van der Waals surface area contributed by atoms with E-state index in [0.29, 0.717) is 19.3 Å². The fraction of sp³-hybridized carbons (Fsp3) is 0.778. The van der Waals surface area contributed by atoms with Gasteiger partial charge in [0.25, 0.3) is 0 Å². The number of hydrogen-bond donors (Lipinski definition) is 3. The largest absolute Gasteiger partial charge is 0.480 e. The molecule has 1 aliphatic carbocycles. The van der Waals surface area contributed by atoms with Gasteiger partial charge in [0.1, 0.15) is 5.54 Å². The van der Waals surface area contributed by atoms with Crippen LogP contribution in [-0.4, -0.2) is 41.8 Å². The van der Waals surface area contributed by atoms with E-state index in [4.69, 9.17) is 5.11 Å². The van der Waals surface area contributed by atoms with Crippen molar-refractivity contribution >= 4 is 11.9 Å². The molecule has 0 heterocycles. The summed E-state index contributed by atoms with van der Waals surface area (Å²) in [5.41, 5.74) is -1.28. The highest BCUT2D eigenvalue weighted by Gasteiger charge is 2.45. The van der Waals surface area contributed by atoms with Gasteiger partial charge in [0.2, 0.25) is 5.91 Å². The smallest absolute Gasteiger partial charge is 0.401 e. The third-order valence-electron chi connectivity index (χ3n) is 2.61. The Bertz CT molecular complexity index is 313. The predicted molar refractivity (Wildman–Crippen MR) is 51.3 cm³/mol. The summed E-state index contributed by atoms with van der Waals surface area (Å²) in [6, 6.07) is 0. The van der Waals surface area contributed by atoms with Crippen LogP contribution in [0.15, 0.2) is 0 Å². The molecule has 0 aromatic heterocycles. The number of carboxylic acids is 1. The third kappa shape index (κ3) is 3.88.